The number of hydrogen-bond acceptors (Lipinski definition) is 2. The van der Waals surface area contributed by atoms with E-state index in [1.54, 1.807) is 12.1 Å². The lowest BCUT2D eigenvalue weighted by Gasteiger charge is -2.23. The highest BCUT2D eigenvalue weighted by atomic mass is 19.4. The Morgan fingerprint density at radius 3 is 2.15 bits per heavy atom. The van der Waals surface area contributed by atoms with Crippen LogP contribution in [0.25, 0.3) is 0 Å². The predicted octanol–water partition coefficient (Wildman–Crippen LogP) is 4.14. The first-order valence-electron chi connectivity index (χ1n) is 6.44. The molecule has 0 fully saturated rings. The Morgan fingerprint density at radius 2 is 1.70 bits per heavy atom. The van der Waals surface area contributed by atoms with Gasteiger partial charge in [-0.25, -0.2) is 0 Å². The maximum Gasteiger partial charge on any atom is 0.411 e. The molecule has 0 amide bonds. The molecule has 5 heteroatoms. The minimum Gasteiger partial charge on any atom is -0.364 e. The number of carbonyl (C=O) groups is 1. The van der Waals surface area contributed by atoms with Crippen molar-refractivity contribution in [3.63, 3.8) is 0 Å². The van der Waals surface area contributed by atoms with Crippen molar-refractivity contribution in [2.24, 2.45) is 0 Å². The maximum atomic E-state index is 11.9. The van der Waals surface area contributed by atoms with Gasteiger partial charge >= 0.3 is 6.18 Å². The predicted molar refractivity (Wildman–Crippen MR) is 71.0 cm³/mol. The first-order valence-corrected chi connectivity index (χ1v) is 6.44. The summed E-state index contributed by atoms with van der Waals surface area (Å²) in [5.74, 6) is -0.449. The summed E-state index contributed by atoms with van der Waals surface area (Å²) in [5, 5.41) is 0. The zero-order valence-electron chi connectivity index (χ0n) is 11.9. The van der Waals surface area contributed by atoms with Gasteiger partial charge in [0.15, 0.2) is 5.78 Å². The van der Waals surface area contributed by atoms with Crippen LogP contribution in [0.3, 0.4) is 0 Å². The number of halogens is 3. The molecular formula is C15H19F3O2. The van der Waals surface area contributed by atoms with Crippen molar-refractivity contribution in [2.75, 3.05) is 13.2 Å². The Labute approximate surface area is 116 Å². The van der Waals surface area contributed by atoms with Crippen molar-refractivity contribution in [3.8, 4) is 0 Å². The molecule has 1 rings (SSSR count). The number of alkyl halides is 3. The SMILES string of the molecule is CCC(C)(C)c1ccc(C(=O)COCC(F)(F)F)cc1. The van der Waals surface area contributed by atoms with Crippen molar-refractivity contribution in [2.45, 2.75) is 38.8 Å². The molecule has 0 radical (unpaired) electrons. The van der Waals surface area contributed by atoms with Gasteiger partial charge in [-0.05, 0) is 17.4 Å². The van der Waals surface area contributed by atoms with E-state index in [0.717, 1.165) is 12.0 Å². The zero-order chi connectivity index (χ0) is 15.4. The summed E-state index contributed by atoms with van der Waals surface area (Å²) in [4.78, 5) is 11.7. The van der Waals surface area contributed by atoms with Crippen molar-refractivity contribution < 1.29 is 22.7 Å². The Balaban J connectivity index is 2.63. The molecule has 1 aromatic carbocycles. The van der Waals surface area contributed by atoms with Gasteiger partial charge in [0.25, 0.3) is 0 Å². The summed E-state index contributed by atoms with van der Waals surface area (Å²) in [6, 6.07) is 6.93. The first kappa shape index (κ1) is 16.7. The molecule has 0 atom stereocenters. The minimum atomic E-state index is -4.41. The standard InChI is InChI=1S/C15H19F3O2/c1-4-14(2,3)12-7-5-11(6-8-12)13(19)9-20-10-15(16,17)18/h5-8H,4,9-10H2,1-3H3. The van der Waals surface area contributed by atoms with E-state index in [-0.39, 0.29) is 5.41 Å². The Kier molecular flexibility index (Phi) is 5.34. The molecule has 0 saturated heterocycles. The quantitative estimate of drug-likeness (QED) is 0.735. The van der Waals surface area contributed by atoms with Crippen LogP contribution < -0.4 is 0 Å². The van der Waals surface area contributed by atoms with Crippen LogP contribution in [0.4, 0.5) is 13.2 Å². The molecule has 0 saturated carbocycles. The topological polar surface area (TPSA) is 26.3 Å². The van der Waals surface area contributed by atoms with E-state index < -0.39 is 25.2 Å². The number of ketones is 1. The van der Waals surface area contributed by atoms with Gasteiger partial charge in [-0.3, -0.25) is 4.79 Å². The summed E-state index contributed by atoms with van der Waals surface area (Å²) in [7, 11) is 0. The smallest absolute Gasteiger partial charge is 0.364 e. The third-order valence-electron chi connectivity index (χ3n) is 3.37. The van der Waals surface area contributed by atoms with E-state index in [9.17, 15) is 18.0 Å². The van der Waals surface area contributed by atoms with Crippen LogP contribution in [0, 0.1) is 0 Å². The normalized spacial score (nSPS) is 12.5. The van der Waals surface area contributed by atoms with Crippen LogP contribution >= 0.6 is 0 Å². The van der Waals surface area contributed by atoms with Crippen molar-refractivity contribution in [1.29, 1.82) is 0 Å². The number of ether oxygens (including phenoxy) is 1. The van der Waals surface area contributed by atoms with E-state index in [1.165, 1.54) is 0 Å². The molecule has 0 aliphatic rings. The number of rotatable bonds is 6. The monoisotopic (exact) mass is 288 g/mol. The number of hydrogen-bond donors (Lipinski definition) is 0. The molecule has 0 unspecified atom stereocenters. The zero-order valence-corrected chi connectivity index (χ0v) is 11.9. The Morgan fingerprint density at radius 1 is 1.15 bits per heavy atom. The molecule has 0 aliphatic carbocycles. The third-order valence-corrected chi connectivity index (χ3v) is 3.37. The van der Waals surface area contributed by atoms with Gasteiger partial charge in [-0.2, -0.15) is 13.2 Å². The van der Waals surface area contributed by atoms with Gasteiger partial charge in [-0.15, -0.1) is 0 Å². The third kappa shape index (κ3) is 4.96. The van der Waals surface area contributed by atoms with Crippen molar-refractivity contribution >= 4 is 5.78 Å². The summed E-state index contributed by atoms with van der Waals surface area (Å²) in [5.41, 5.74) is 1.46. The Hall–Kier alpha value is -1.36. The summed E-state index contributed by atoms with van der Waals surface area (Å²) in [6.07, 6.45) is -3.45. The summed E-state index contributed by atoms with van der Waals surface area (Å²) in [6.45, 7) is 4.30. The summed E-state index contributed by atoms with van der Waals surface area (Å²) >= 11 is 0. The van der Waals surface area contributed by atoms with E-state index in [4.69, 9.17) is 0 Å². The van der Waals surface area contributed by atoms with Crippen LogP contribution in [0.2, 0.25) is 0 Å². The van der Waals surface area contributed by atoms with Crippen LogP contribution in [-0.4, -0.2) is 25.2 Å². The molecule has 2 nitrogen and oxygen atoms in total. The number of Topliss-reactive ketones (excluding diaryl/α,β-unsaturated/α-hetero) is 1. The van der Waals surface area contributed by atoms with E-state index >= 15 is 0 Å². The molecule has 0 bridgehead atoms. The molecule has 0 spiro atoms. The fraction of sp³-hybridized carbons (Fsp3) is 0.533. The fourth-order valence-electron chi connectivity index (χ4n) is 1.65. The van der Waals surface area contributed by atoms with Gasteiger partial charge in [-0.1, -0.05) is 45.0 Å². The second kappa shape index (κ2) is 6.39. The van der Waals surface area contributed by atoms with E-state index in [0.29, 0.717) is 5.56 Å². The molecular weight excluding hydrogens is 269 g/mol. The first-order chi connectivity index (χ1) is 9.15. The second-order valence-corrected chi connectivity index (χ2v) is 5.35. The van der Waals surface area contributed by atoms with Gasteiger partial charge in [0.05, 0.1) is 0 Å². The van der Waals surface area contributed by atoms with Crippen LogP contribution in [0.15, 0.2) is 24.3 Å². The van der Waals surface area contributed by atoms with Gasteiger partial charge in [0.2, 0.25) is 0 Å². The molecule has 0 aromatic heterocycles. The van der Waals surface area contributed by atoms with Gasteiger partial charge in [0.1, 0.15) is 13.2 Å². The number of benzene rings is 1. The summed E-state index contributed by atoms with van der Waals surface area (Å²) < 4.78 is 40.0. The molecule has 0 aliphatic heterocycles. The molecule has 1 aromatic rings. The average molecular weight is 288 g/mol. The molecule has 0 N–H and O–H groups in total. The highest BCUT2D eigenvalue weighted by molar-refractivity contribution is 5.97. The van der Waals surface area contributed by atoms with Crippen LogP contribution in [0.1, 0.15) is 43.1 Å². The highest BCUT2D eigenvalue weighted by Gasteiger charge is 2.27. The fourth-order valence-corrected chi connectivity index (χ4v) is 1.65. The minimum absolute atomic E-state index is 0.00830. The van der Waals surface area contributed by atoms with Gasteiger partial charge < -0.3 is 4.74 Å². The van der Waals surface area contributed by atoms with Crippen molar-refractivity contribution in [1.82, 2.24) is 0 Å². The largest absolute Gasteiger partial charge is 0.411 e. The van der Waals surface area contributed by atoms with Crippen molar-refractivity contribution in [3.05, 3.63) is 35.4 Å². The lowest BCUT2D eigenvalue weighted by atomic mass is 9.82. The van der Waals surface area contributed by atoms with E-state index in [2.05, 4.69) is 25.5 Å². The molecule has 20 heavy (non-hydrogen) atoms. The van der Waals surface area contributed by atoms with Crippen LogP contribution in [0.5, 0.6) is 0 Å². The lowest BCUT2D eigenvalue weighted by Crippen LogP contribution is -2.20. The lowest BCUT2D eigenvalue weighted by molar-refractivity contribution is -0.170. The Bertz CT molecular complexity index is 447. The second-order valence-electron chi connectivity index (χ2n) is 5.35. The molecule has 0 heterocycles. The molecule has 112 valence electrons. The van der Waals surface area contributed by atoms with E-state index in [1.807, 2.05) is 12.1 Å². The average Bonchev–Trinajstić information content (AvgIpc) is 2.37. The van der Waals surface area contributed by atoms with Gasteiger partial charge in [0, 0.05) is 5.56 Å². The number of carbonyl (C=O) groups excluding carboxylic acids is 1. The van der Waals surface area contributed by atoms with Crippen LogP contribution in [-0.2, 0) is 10.2 Å². The highest BCUT2D eigenvalue weighted by Crippen LogP contribution is 2.26. The maximum absolute atomic E-state index is 11.9.